The van der Waals surface area contributed by atoms with E-state index in [1.807, 2.05) is 19.1 Å². The van der Waals surface area contributed by atoms with Gasteiger partial charge in [-0.2, -0.15) is 14.6 Å². The molecule has 9 nitrogen and oxygen atoms in total. The summed E-state index contributed by atoms with van der Waals surface area (Å²) >= 11 is 5.46. The number of carboxylic acid groups (broad SMARTS) is 1. The number of aromatic nitrogens is 4. The van der Waals surface area contributed by atoms with Crippen LogP contribution in [-0.4, -0.2) is 36.6 Å². The molecule has 4 aromatic rings. The first kappa shape index (κ1) is 24.2. The smallest absolute Gasteiger partial charge is 0.354 e. The lowest BCUT2D eigenvalue weighted by Crippen LogP contribution is -2.29. The highest BCUT2D eigenvalue weighted by Crippen LogP contribution is 2.31. The number of carbonyl (C=O) groups excluding carboxylic acids is 1. The molecule has 0 saturated carbocycles. The second-order valence-corrected chi connectivity index (χ2v) is 8.43. The first-order chi connectivity index (χ1) is 16.8. The van der Waals surface area contributed by atoms with Crippen molar-refractivity contribution >= 4 is 29.3 Å². The quantitative estimate of drug-likeness (QED) is 0.393. The van der Waals surface area contributed by atoms with E-state index in [0.29, 0.717) is 6.54 Å². The number of benzene rings is 2. The second kappa shape index (κ2) is 10.2. The van der Waals surface area contributed by atoms with Crippen LogP contribution < -0.4 is 11.1 Å². The molecule has 0 bridgehead atoms. The number of rotatable bonds is 4. The van der Waals surface area contributed by atoms with Gasteiger partial charge >= 0.3 is 5.97 Å². The lowest BCUT2D eigenvalue weighted by atomic mass is 10.1. The van der Waals surface area contributed by atoms with Gasteiger partial charge in [-0.25, -0.2) is 14.2 Å². The molecule has 0 spiro atoms. The van der Waals surface area contributed by atoms with E-state index >= 15 is 0 Å². The lowest BCUT2D eigenvalue weighted by Gasteiger charge is -2.15. The van der Waals surface area contributed by atoms with Crippen molar-refractivity contribution in [3.63, 3.8) is 0 Å². The first-order valence-corrected chi connectivity index (χ1v) is 11.1. The van der Waals surface area contributed by atoms with E-state index in [0.717, 1.165) is 24.0 Å². The normalized spacial score (nSPS) is 14.2. The number of fused-ring (bicyclic) bond motifs is 2. The van der Waals surface area contributed by atoms with Gasteiger partial charge in [-0.15, -0.1) is 0 Å². The number of aromatic carboxylic acids is 1. The number of aryl methyl sites for hydroxylation is 2. The number of hydrogen-bond donors (Lipinski definition) is 3. The van der Waals surface area contributed by atoms with Crippen molar-refractivity contribution in [2.75, 3.05) is 0 Å². The molecule has 1 amide bonds. The van der Waals surface area contributed by atoms with Crippen LogP contribution in [0.25, 0.3) is 5.78 Å². The molecule has 2 aromatic heterocycles. The van der Waals surface area contributed by atoms with Crippen LogP contribution in [-0.2, 0) is 13.0 Å². The zero-order valence-electron chi connectivity index (χ0n) is 18.7. The highest BCUT2D eigenvalue weighted by molar-refractivity contribution is 6.30. The number of amides is 1. The predicted octanol–water partition coefficient (Wildman–Crippen LogP) is 3.49. The zero-order valence-corrected chi connectivity index (χ0v) is 19.5. The highest BCUT2D eigenvalue weighted by Gasteiger charge is 2.26. The Morgan fingerprint density at radius 1 is 1.26 bits per heavy atom. The number of carboxylic acids is 1. The molecule has 1 aliphatic carbocycles. The van der Waals surface area contributed by atoms with Gasteiger partial charge in [0.15, 0.2) is 5.69 Å². The minimum absolute atomic E-state index is 0.0764. The van der Waals surface area contributed by atoms with Gasteiger partial charge < -0.3 is 16.2 Å². The summed E-state index contributed by atoms with van der Waals surface area (Å²) in [4.78, 5) is 31.7. The summed E-state index contributed by atoms with van der Waals surface area (Å²) in [5.41, 5.74) is 9.50. The van der Waals surface area contributed by atoms with Gasteiger partial charge in [0.1, 0.15) is 17.8 Å². The molecule has 0 radical (unpaired) electrons. The fourth-order valence-electron chi connectivity index (χ4n) is 3.88. The van der Waals surface area contributed by atoms with Crippen molar-refractivity contribution in [3.05, 3.63) is 93.3 Å². The Bertz CT molecular complexity index is 1420. The van der Waals surface area contributed by atoms with Gasteiger partial charge in [0.25, 0.3) is 11.7 Å². The Morgan fingerprint density at radius 3 is 2.77 bits per heavy atom. The molecule has 1 atom stereocenters. The van der Waals surface area contributed by atoms with Gasteiger partial charge in [-0.3, -0.25) is 4.79 Å². The fourth-order valence-corrected chi connectivity index (χ4v) is 4.08. The molecular weight excluding hydrogens is 475 g/mol. The summed E-state index contributed by atoms with van der Waals surface area (Å²) in [7, 11) is 0. The van der Waals surface area contributed by atoms with E-state index in [4.69, 9.17) is 17.3 Å². The predicted molar refractivity (Wildman–Crippen MR) is 127 cm³/mol. The van der Waals surface area contributed by atoms with E-state index in [2.05, 4.69) is 26.4 Å². The van der Waals surface area contributed by atoms with Crippen LogP contribution in [0.2, 0.25) is 5.02 Å². The standard InChI is InChI=1S/C17H15N5O3.C7H7ClFN/c1-9-2-4-11-10(6-9)3-5-12(11)20-15(23)14-7-13(16(24)25)21-17-18-8-19-22(14)17;8-6-3-5(4-10)1-2-7(6)9/h2,4,6-8,12H,3,5H2,1H3,(H,20,23)(H,24,25);1-3H,4,10H2/t12-;/m0./s1. The van der Waals surface area contributed by atoms with E-state index in [1.165, 1.54) is 40.2 Å². The molecule has 1 aliphatic rings. The summed E-state index contributed by atoms with van der Waals surface area (Å²) in [5.74, 6) is -1.95. The lowest BCUT2D eigenvalue weighted by molar-refractivity contribution is 0.0690. The summed E-state index contributed by atoms with van der Waals surface area (Å²) in [6, 6.07) is 11.7. The zero-order chi connectivity index (χ0) is 25.1. The SMILES string of the molecule is Cc1ccc2c(c1)CC[C@@H]2NC(=O)c1cc(C(=O)O)nc2ncnn12.NCc1ccc(F)c(Cl)c1. The van der Waals surface area contributed by atoms with Crippen LogP contribution >= 0.6 is 11.6 Å². The molecule has 0 unspecified atom stereocenters. The monoisotopic (exact) mass is 496 g/mol. The van der Waals surface area contributed by atoms with Crippen LogP contribution in [0.1, 0.15) is 55.7 Å². The van der Waals surface area contributed by atoms with Crippen molar-refractivity contribution in [1.29, 1.82) is 0 Å². The largest absolute Gasteiger partial charge is 0.477 e. The molecule has 0 aliphatic heterocycles. The van der Waals surface area contributed by atoms with Crippen LogP contribution in [0.4, 0.5) is 4.39 Å². The van der Waals surface area contributed by atoms with Crippen molar-refractivity contribution in [3.8, 4) is 0 Å². The van der Waals surface area contributed by atoms with E-state index < -0.39 is 17.7 Å². The van der Waals surface area contributed by atoms with Crippen molar-refractivity contribution in [2.45, 2.75) is 32.4 Å². The topological polar surface area (TPSA) is 136 Å². The third kappa shape index (κ3) is 5.28. The van der Waals surface area contributed by atoms with Gasteiger partial charge in [0, 0.05) is 12.6 Å². The van der Waals surface area contributed by atoms with Gasteiger partial charge in [-0.05, 0) is 48.6 Å². The highest BCUT2D eigenvalue weighted by atomic mass is 35.5. The fraction of sp³-hybridized carbons (Fsp3) is 0.208. The van der Waals surface area contributed by atoms with Crippen molar-refractivity contribution in [2.24, 2.45) is 5.73 Å². The van der Waals surface area contributed by atoms with Crippen molar-refractivity contribution < 1.29 is 19.1 Å². The summed E-state index contributed by atoms with van der Waals surface area (Å²) in [6.45, 7) is 2.43. The molecule has 5 rings (SSSR count). The van der Waals surface area contributed by atoms with Crippen molar-refractivity contribution in [1.82, 2.24) is 24.9 Å². The molecule has 2 heterocycles. The number of nitrogens with two attached hydrogens (primary N) is 1. The number of nitrogens with one attached hydrogen (secondary N) is 1. The van der Waals surface area contributed by atoms with Gasteiger partial charge in [-0.1, -0.05) is 41.4 Å². The van der Waals surface area contributed by atoms with E-state index in [9.17, 15) is 19.1 Å². The third-order valence-electron chi connectivity index (χ3n) is 5.60. The van der Waals surface area contributed by atoms with Crippen LogP contribution in [0.3, 0.4) is 0 Å². The third-order valence-corrected chi connectivity index (χ3v) is 5.89. The summed E-state index contributed by atoms with van der Waals surface area (Å²) in [5, 5.41) is 16.2. The molecule has 180 valence electrons. The maximum Gasteiger partial charge on any atom is 0.354 e. The van der Waals surface area contributed by atoms with Crippen LogP contribution in [0.5, 0.6) is 0 Å². The van der Waals surface area contributed by atoms with Crippen LogP contribution in [0.15, 0.2) is 48.8 Å². The molecule has 2 aromatic carbocycles. The average molecular weight is 497 g/mol. The maximum absolute atomic E-state index is 12.7. The molecule has 11 heteroatoms. The average Bonchev–Trinajstić information content (AvgIpc) is 3.47. The molecule has 0 saturated heterocycles. The maximum atomic E-state index is 12.7. The van der Waals surface area contributed by atoms with E-state index in [1.54, 1.807) is 6.07 Å². The minimum atomic E-state index is -1.22. The van der Waals surface area contributed by atoms with E-state index in [-0.39, 0.29) is 28.2 Å². The summed E-state index contributed by atoms with van der Waals surface area (Å²) < 4.78 is 13.7. The minimum Gasteiger partial charge on any atom is -0.477 e. The number of halogens is 2. The van der Waals surface area contributed by atoms with Gasteiger partial charge in [0.2, 0.25) is 0 Å². The van der Waals surface area contributed by atoms with Crippen LogP contribution in [0, 0.1) is 12.7 Å². The number of hydrogen-bond acceptors (Lipinski definition) is 6. The molecule has 4 N–H and O–H groups in total. The summed E-state index contributed by atoms with van der Waals surface area (Å²) in [6.07, 6.45) is 2.94. The number of carbonyl (C=O) groups is 2. The number of nitrogens with zero attached hydrogens (tertiary/aromatic N) is 4. The molecule has 0 fully saturated rings. The molecular formula is C24H22ClFN6O3. The Balaban J connectivity index is 0.000000243. The Kier molecular flexibility index (Phi) is 7.04. The first-order valence-electron chi connectivity index (χ1n) is 10.7. The Hall–Kier alpha value is -3.89. The second-order valence-electron chi connectivity index (χ2n) is 8.02. The Morgan fingerprint density at radius 2 is 2.06 bits per heavy atom. The van der Waals surface area contributed by atoms with Gasteiger partial charge in [0.05, 0.1) is 11.1 Å². The Labute approximate surface area is 204 Å². The molecule has 35 heavy (non-hydrogen) atoms.